The second kappa shape index (κ2) is 14.5. The fraction of sp³-hybridized carbons (Fsp3) is 0.0169. The molecule has 0 radical (unpaired) electrons. The van der Waals surface area contributed by atoms with Crippen LogP contribution in [0.25, 0.3) is 89.2 Å². The minimum Gasteiger partial charge on any atom is -0.455 e. The van der Waals surface area contributed by atoms with Gasteiger partial charge in [0.1, 0.15) is 11.2 Å². The predicted molar refractivity (Wildman–Crippen MR) is 254 cm³/mol. The fourth-order valence-corrected chi connectivity index (χ4v) is 9.91. The Morgan fingerprint density at radius 3 is 1.63 bits per heavy atom. The molecule has 9 aromatic carbocycles. The van der Waals surface area contributed by atoms with Crippen LogP contribution in [0.1, 0.15) is 22.3 Å². The van der Waals surface area contributed by atoms with E-state index in [0.29, 0.717) is 5.82 Å². The summed E-state index contributed by atoms with van der Waals surface area (Å²) in [5.41, 5.74) is 18.0. The van der Waals surface area contributed by atoms with Gasteiger partial charge in [-0.3, -0.25) is 0 Å². The third-order valence-electron chi connectivity index (χ3n) is 12.6. The van der Waals surface area contributed by atoms with E-state index in [1.165, 1.54) is 33.4 Å². The van der Waals surface area contributed by atoms with E-state index in [1.807, 2.05) is 30.3 Å². The quantitative estimate of drug-likeness (QED) is 0.161. The molecule has 0 unspecified atom stereocenters. The van der Waals surface area contributed by atoms with Gasteiger partial charge in [-0.15, -0.1) is 0 Å². The van der Waals surface area contributed by atoms with Crippen LogP contribution in [-0.4, -0.2) is 9.97 Å². The first-order valence-corrected chi connectivity index (χ1v) is 21.2. The van der Waals surface area contributed by atoms with Crippen molar-refractivity contribution in [2.45, 2.75) is 5.41 Å². The lowest BCUT2D eigenvalue weighted by molar-refractivity contribution is 0.670. The molecule has 290 valence electrons. The van der Waals surface area contributed by atoms with E-state index in [-0.39, 0.29) is 0 Å². The summed E-state index contributed by atoms with van der Waals surface area (Å²) in [6.07, 6.45) is 0. The number of hydrogen-bond donors (Lipinski definition) is 0. The smallest absolute Gasteiger partial charge is 0.160 e. The molecule has 2 aromatic heterocycles. The van der Waals surface area contributed by atoms with Gasteiger partial charge in [-0.2, -0.15) is 0 Å². The first-order valence-electron chi connectivity index (χ1n) is 21.2. The monoisotopic (exact) mass is 790 g/mol. The van der Waals surface area contributed by atoms with Crippen LogP contribution in [-0.2, 0) is 5.41 Å². The topological polar surface area (TPSA) is 38.9 Å². The molecule has 3 nitrogen and oxygen atoms in total. The zero-order valence-corrected chi connectivity index (χ0v) is 33.7. The van der Waals surface area contributed by atoms with Crippen molar-refractivity contribution >= 4 is 21.9 Å². The van der Waals surface area contributed by atoms with E-state index < -0.39 is 5.41 Å². The summed E-state index contributed by atoms with van der Waals surface area (Å²) in [6, 6.07) is 82.1. The van der Waals surface area contributed by atoms with Crippen LogP contribution in [0.2, 0.25) is 0 Å². The Hall–Kier alpha value is -8.14. The Morgan fingerprint density at radius 1 is 0.339 bits per heavy atom. The number of benzene rings is 9. The highest BCUT2D eigenvalue weighted by Gasteiger charge is 2.46. The fourth-order valence-electron chi connectivity index (χ4n) is 9.91. The Morgan fingerprint density at radius 2 is 0.871 bits per heavy atom. The van der Waals surface area contributed by atoms with Crippen molar-refractivity contribution in [1.29, 1.82) is 0 Å². The van der Waals surface area contributed by atoms with Crippen LogP contribution in [0.15, 0.2) is 235 Å². The Balaban J connectivity index is 1.02. The third kappa shape index (κ3) is 5.59. The van der Waals surface area contributed by atoms with Crippen molar-refractivity contribution in [3.05, 3.63) is 253 Å². The lowest BCUT2D eigenvalue weighted by atomic mass is 9.67. The van der Waals surface area contributed by atoms with Crippen LogP contribution in [0.3, 0.4) is 0 Å². The third-order valence-corrected chi connectivity index (χ3v) is 12.6. The van der Waals surface area contributed by atoms with Gasteiger partial charge in [-0.25, -0.2) is 9.97 Å². The van der Waals surface area contributed by atoms with E-state index in [4.69, 9.17) is 14.4 Å². The van der Waals surface area contributed by atoms with Gasteiger partial charge in [-0.05, 0) is 62.2 Å². The van der Waals surface area contributed by atoms with E-state index in [2.05, 4.69) is 200 Å². The molecular formula is C59H38N2O. The summed E-state index contributed by atoms with van der Waals surface area (Å²) in [7, 11) is 0. The summed E-state index contributed by atoms with van der Waals surface area (Å²) >= 11 is 0. The van der Waals surface area contributed by atoms with E-state index in [0.717, 1.165) is 72.3 Å². The van der Waals surface area contributed by atoms with Gasteiger partial charge < -0.3 is 4.42 Å². The molecule has 0 spiro atoms. The SMILES string of the molecule is c1ccc(-c2nc(-c3ccc(-c4ccccc4-c4cccc5c4oc4ccccc45)cc3)cc(-c3cccc4c3-c3ccccc3C4(c3ccccc3)c3ccccc3)n2)cc1. The number of para-hydroxylation sites is 2. The van der Waals surface area contributed by atoms with Crippen molar-refractivity contribution < 1.29 is 4.42 Å². The van der Waals surface area contributed by atoms with Gasteiger partial charge in [0, 0.05) is 33.0 Å². The van der Waals surface area contributed by atoms with Gasteiger partial charge in [-0.1, -0.05) is 218 Å². The van der Waals surface area contributed by atoms with E-state index >= 15 is 0 Å². The number of nitrogens with zero attached hydrogens (tertiary/aromatic N) is 2. The average molecular weight is 791 g/mol. The number of rotatable bonds is 7. The van der Waals surface area contributed by atoms with Gasteiger partial charge in [0.2, 0.25) is 0 Å². The molecule has 2 heterocycles. The molecule has 62 heavy (non-hydrogen) atoms. The van der Waals surface area contributed by atoms with Crippen molar-refractivity contribution in [1.82, 2.24) is 9.97 Å². The number of furan rings is 1. The van der Waals surface area contributed by atoms with Crippen molar-refractivity contribution in [2.24, 2.45) is 0 Å². The standard InChI is InChI=1S/C59H38N2O/c1-4-18-41(19-5-1)58-60-53(40-36-34-39(35-37-40)44-24-10-11-25-45(44)47-28-16-29-48-46-26-13-15-33-55(46)62-57(47)48)38-54(61-58)50-30-17-32-52-56(50)49-27-12-14-31-51(49)59(52,42-20-6-2-7-21-42)43-22-8-3-9-23-43/h1-38H. The van der Waals surface area contributed by atoms with Gasteiger partial charge in [0.15, 0.2) is 5.82 Å². The normalized spacial score (nSPS) is 12.6. The van der Waals surface area contributed by atoms with Crippen LogP contribution in [0.4, 0.5) is 0 Å². The molecule has 0 N–H and O–H groups in total. The molecule has 0 amide bonds. The van der Waals surface area contributed by atoms with Crippen LogP contribution in [0, 0.1) is 0 Å². The Bertz CT molecular complexity index is 3400. The molecule has 0 atom stereocenters. The molecule has 11 aromatic rings. The molecule has 0 bridgehead atoms. The summed E-state index contributed by atoms with van der Waals surface area (Å²) in [4.78, 5) is 10.6. The molecule has 0 saturated heterocycles. The minimum atomic E-state index is -0.509. The number of fused-ring (bicyclic) bond motifs is 6. The van der Waals surface area contributed by atoms with Gasteiger partial charge >= 0.3 is 0 Å². The number of aromatic nitrogens is 2. The molecule has 1 aliphatic rings. The maximum absolute atomic E-state index is 6.49. The maximum atomic E-state index is 6.49. The van der Waals surface area contributed by atoms with Crippen molar-refractivity contribution in [3.8, 4) is 67.3 Å². The highest BCUT2D eigenvalue weighted by molar-refractivity contribution is 6.10. The first kappa shape index (κ1) is 35.8. The second-order valence-electron chi connectivity index (χ2n) is 16.0. The lowest BCUT2D eigenvalue weighted by Crippen LogP contribution is -2.28. The molecule has 12 rings (SSSR count). The van der Waals surface area contributed by atoms with Gasteiger partial charge in [0.05, 0.1) is 16.8 Å². The maximum Gasteiger partial charge on any atom is 0.160 e. The minimum absolute atomic E-state index is 0.509. The van der Waals surface area contributed by atoms with E-state index in [9.17, 15) is 0 Å². The van der Waals surface area contributed by atoms with Crippen molar-refractivity contribution in [3.63, 3.8) is 0 Å². The molecule has 0 saturated carbocycles. The largest absolute Gasteiger partial charge is 0.455 e. The summed E-state index contributed by atoms with van der Waals surface area (Å²) in [6.45, 7) is 0. The highest BCUT2D eigenvalue weighted by atomic mass is 16.3. The van der Waals surface area contributed by atoms with Crippen LogP contribution in [0.5, 0.6) is 0 Å². The molecule has 1 aliphatic carbocycles. The summed E-state index contributed by atoms with van der Waals surface area (Å²) in [5, 5.41) is 2.25. The van der Waals surface area contributed by atoms with Crippen molar-refractivity contribution in [2.75, 3.05) is 0 Å². The number of hydrogen-bond acceptors (Lipinski definition) is 3. The van der Waals surface area contributed by atoms with E-state index in [1.54, 1.807) is 0 Å². The lowest BCUT2D eigenvalue weighted by Gasteiger charge is -2.33. The average Bonchev–Trinajstić information content (AvgIpc) is 3.89. The van der Waals surface area contributed by atoms with Crippen LogP contribution >= 0.6 is 0 Å². The molecule has 0 aliphatic heterocycles. The molecule has 0 fully saturated rings. The second-order valence-corrected chi connectivity index (χ2v) is 16.0. The van der Waals surface area contributed by atoms with Gasteiger partial charge in [0.25, 0.3) is 0 Å². The van der Waals surface area contributed by atoms with Crippen LogP contribution < -0.4 is 0 Å². The zero-order chi connectivity index (χ0) is 41.0. The first-order chi connectivity index (χ1) is 30.8. The predicted octanol–water partition coefficient (Wildman–Crippen LogP) is 15.1. The Kier molecular flexibility index (Phi) is 8.39. The molecule has 3 heteroatoms. The summed E-state index contributed by atoms with van der Waals surface area (Å²) in [5.74, 6) is 0.688. The zero-order valence-electron chi connectivity index (χ0n) is 33.7. The summed E-state index contributed by atoms with van der Waals surface area (Å²) < 4.78 is 6.49. The Labute approximate surface area is 360 Å². The molecular weight excluding hydrogens is 753 g/mol. The highest BCUT2D eigenvalue weighted by Crippen LogP contribution is 2.58.